The number of halogens is 1. The molecule has 124 valence electrons. The summed E-state index contributed by atoms with van der Waals surface area (Å²) in [6, 6.07) is 15.0. The van der Waals surface area contributed by atoms with Crippen LogP contribution in [0.5, 0.6) is 0 Å². The number of thiophene rings is 2. The molecule has 0 bridgehead atoms. The standard InChI is InChI=1S/C19H18FNOS2/c20-16-5-2-1-4-14(16)7-10-19(22)21-12-11-15-8-9-18(24-15)17-6-3-13-23-17/h1-6,8-9,13H,7,10-12H2,(H,21,22). The summed E-state index contributed by atoms with van der Waals surface area (Å²) in [7, 11) is 0. The van der Waals surface area contributed by atoms with Crippen molar-refractivity contribution in [1.29, 1.82) is 0 Å². The van der Waals surface area contributed by atoms with Crippen molar-refractivity contribution in [2.75, 3.05) is 6.54 Å². The molecule has 1 N–H and O–H groups in total. The summed E-state index contributed by atoms with van der Waals surface area (Å²) in [5, 5.41) is 4.99. The lowest BCUT2D eigenvalue weighted by Gasteiger charge is -2.05. The van der Waals surface area contributed by atoms with Crippen LogP contribution in [-0.2, 0) is 17.6 Å². The van der Waals surface area contributed by atoms with E-state index in [9.17, 15) is 9.18 Å². The van der Waals surface area contributed by atoms with E-state index in [0.29, 0.717) is 24.9 Å². The van der Waals surface area contributed by atoms with Crippen molar-refractivity contribution < 1.29 is 9.18 Å². The van der Waals surface area contributed by atoms with Gasteiger partial charge in [-0.3, -0.25) is 4.79 Å². The molecule has 0 radical (unpaired) electrons. The van der Waals surface area contributed by atoms with E-state index >= 15 is 0 Å². The Morgan fingerprint density at radius 2 is 1.88 bits per heavy atom. The van der Waals surface area contributed by atoms with Crippen molar-refractivity contribution in [3.8, 4) is 9.75 Å². The number of nitrogens with one attached hydrogen (secondary N) is 1. The number of aryl methyl sites for hydroxylation is 1. The van der Waals surface area contributed by atoms with E-state index < -0.39 is 0 Å². The average Bonchev–Trinajstić information content (AvgIpc) is 3.25. The molecule has 0 unspecified atom stereocenters. The SMILES string of the molecule is O=C(CCc1ccccc1F)NCCc1ccc(-c2cccs2)s1. The van der Waals surface area contributed by atoms with E-state index in [-0.39, 0.29) is 11.7 Å². The van der Waals surface area contributed by atoms with Gasteiger partial charge < -0.3 is 5.32 Å². The maximum Gasteiger partial charge on any atom is 0.220 e. The van der Waals surface area contributed by atoms with E-state index in [1.54, 1.807) is 40.9 Å². The fourth-order valence-corrected chi connectivity index (χ4v) is 4.27. The first-order valence-electron chi connectivity index (χ1n) is 7.85. The molecule has 3 aromatic rings. The molecule has 0 spiro atoms. The number of carbonyl (C=O) groups excluding carboxylic acids is 1. The molecule has 0 aliphatic carbocycles. The van der Waals surface area contributed by atoms with Crippen molar-refractivity contribution in [1.82, 2.24) is 5.32 Å². The second-order valence-corrected chi connectivity index (χ2v) is 7.55. The van der Waals surface area contributed by atoms with Crippen LogP contribution >= 0.6 is 22.7 Å². The van der Waals surface area contributed by atoms with Crippen molar-refractivity contribution in [2.45, 2.75) is 19.3 Å². The first-order valence-corrected chi connectivity index (χ1v) is 9.54. The molecule has 2 nitrogen and oxygen atoms in total. The molecule has 2 heterocycles. The largest absolute Gasteiger partial charge is 0.356 e. The summed E-state index contributed by atoms with van der Waals surface area (Å²) in [6.45, 7) is 0.612. The summed E-state index contributed by atoms with van der Waals surface area (Å²) in [4.78, 5) is 15.7. The summed E-state index contributed by atoms with van der Waals surface area (Å²) in [5.41, 5.74) is 0.589. The molecule has 0 atom stereocenters. The number of benzene rings is 1. The van der Waals surface area contributed by atoms with Gasteiger partial charge in [0.25, 0.3) is 0 Å². The molecule has 24 heavy (non-hydrogen) atoms. The fourth-order valence-electron chi connectivity index (χ4n) is 2.43. The highest BCUT2D eigenvalue weighted by molar-refractivity contribution is 7.21. The third-order valence-corrected chi connectivity index (χ3v) is 5.91. The molecule has 1 amide bonds. The van der Waals surface area contributed by atoms with Crippen LogP contribution in [0.25, 0.3) is 9.75 Å². The maximum atomic E-state index is 13.5. The number of hydrogen-bond acceptors (Lipinski definition) is 3. The highest BCUT2D eigenvalue weighted by Crippen LogP contribution is 2.31. The summed E-state index contributed by atoms with van der Waals surface area (Å²) >= 11 is 3.50. The van der Waals surface area contributed by atoms with Gasteiger partial charge in [-0.25, -0.2) is 4.39 Å². The van der Waals surface area contributed by atoms with Gasteiger partial charge in [0.2, 0.25) is 5.91 Å². The molecule has 1 aromatic carbocycles. The zero-order chi connectivity index (χ0) is 16.8. The fraction of sp³-hybridized carbons (Fsp3) is 0.211. The van der Waals surface area contributed by atoms with Crippen LogP contribution in [0.4, 0.5) is 4.39 Å². The second kappa shape index (κ2) is 8.22. The summed E-state index contributed by atoms with van der Waals surface area (Å²) < 4.78 is 13.5. The van der Waals surface area contributed by atoms with E-state index in [1.807, 2.05) is 0 Å². The van der Waals surface area contributed by atoms with Gasteiger partial charge in [-0.2, -0.15) is 0 Å². The second-order valence-electron chi connectivity index (χ2n) is 5.43. The van der Waals surface area contributed by atoms with Crippen LogP contribution in [0.3, 0.4) is 0 Å². The third kappa shape index (κ3) is 4.52. The first kappa shape index (κ1) is 16.9. The highest BCUT2D eigenvalue weighted by Gasteiger charge is 2.07. The Balaban J connectivity index is 1.41. The van der Waals surface area contributed by atoms with E-state index in [0.717, 1.165) is 6.42 Å². The highest BCUT2D eigenvalue weighted by atomic mass is 32.1. The van der Waals surface area contributed by atoms with Gasteiger partial charge in [-0.15, -0.1) is 22.7 Å². The zero-order valence-electron chi connectivity index (χ0n) is 13.1. The van der Waals surface area contributed by atoms with Crippen molar-refractivity contribution >= 4 is 28.6 Å². The molecular weight excluding hydrogens is 341 g/mol. The minimum Gasteiger partial charge on any atom is -0.356 e. The number of hydrogen-bond donors (Lipinski definition) is 1. The van der Waals surface area contributed by atoms with Gasteiger partial charge in [0.05, 0.1) is 0 Å². The minimum absolute atomic E-state index is 0.0340. The van der Waals surface area contributed by atoms with Gasteiger partial charge >= 0.3 is 0 Å². The Bertz CT molecular complexity index is 795. The Labute approximate surface area is 149 Å². The quantitative estimate of drug-likeness (QED) is 0.638. The molecule has 2 aromatic heterocycles. The molecule has 3 rings (SSSR count). The predicted molar refractivity (Wildman–Crippen MR) is 99.1 cm³/mol. The maximum absolute atomic E-state index is 13.5. The lowest BCUT2D eigenvalue weighted by Crippen LogP contribution is -2.25. The van der Waals surface area contributed by atoms with Gasteiger partial charge in [-0.05, 0) is 48.1 Å². The van der Waals surface area contributed by atoms with Gasteiger partial charge in [0.1, 0.15) is 5.82 Å². The zero-order valence-corrected chi connectivity index (χ0v) is 14.8. The van der Waals surface area contributed by atoms with Crippen LogP contribution < -0.4 is 5.32 Å². The molecule has 5 heteroatoms. The topological polar surface area (TPSA) is 29.1 Å². The Morgan fingerprint density at radius 3 is 2.67 bits per heavy atom. The number of amides is 1. The number of carbonyl (C=O) groups is 1. The van der Waals surface area contributed by atoms with E-state index in [2.05, 4.69) is 35.0 Å². The van der Waals surface area contributed by atoms with Crippen molar-refractivity contribution in [3.05, 3.63) is 70.2 Å². The van der Waals surface area contributed by atoms with Crippen LogP contribution in [0.1, 0.15) is 16.9 Å². The van der Waals surface area contributed by atoms with Gasteiger partial charge in [-0.1, -0.05) is 24.3 Å². The summed E-state index contributed by atoms with van der Waals surface area (Å²) in [6.07, 6.45) is 1.56. The van der Waals surface area contributed by atoms with Crippen LogP contribution in [0.15, 0.2) is 53.9 Å². The molecule has 0 saturated carbocycles. The lowest BCUT2D eigenvalue weighted by molar-refractivity contribution is -0.121. The van der Waals surface area contributed by atoms with Crippen molar-refractivity contribution in [2.24, 2.45) is 0 Å². The van der Waals surface area contributed by atoms with Crippen LogP contribution in [0.2, 0.25) is 0 Å². The average molecular weight is 359 g/mol. The van der Waals surface area contributed by atoms with Gasteiger partial charge in [0.15, 0.2) is 0 Å². The van der Waals surface area contributed by atoms with Gasteiger partial charge in [0, 0.05) is 27.6 Å². The lowest BCUT2D eigenvalue weighted by atomic mass is 10.1. The molecule has 0 aliphatic heterocycles. The van der Waals surface area contributed by atoms with E-state index in [1.165, 1.54) is 20.7 Å². The van der Waals surface area contributed by atoms with Crippen LogP contribution in [-0.4, -0.2) is 12.5 Å². The molecule has 0 saturated heterocycles. The Hall–Kier alpha value is -1.98. The monoisotopic (exact) mass is 359 g/mol. The molecule has 0 fully saturated rings. The minimum atomic E-state index is -0.245. The molecule has 0 aliphatic rings. The van der Waals surface area contributed by atoms with Crippen molar-refractivity contribution in [3.63, 3.8) is 0 Å². The predicted octanol–water partition coefficient (Wildman–Crippen LogP) is 4.91. The number of rotatable bonds is 7. The third-order valence-electron chi connectivity index (χ3n) is 3.70. The molecular formula is C19H18FNOS2. The summed E-state index contributed by atoms with van der Waals surface area (Å²) in [5.74, 6) is -0.279. The van der Waals surface area contributed by atoms with E-state index in [4.69, 9.17) is 0 Å². The Morgan fingerprint density at radius 1 is 1.00 bits per heavy atom. The smallest absolute Gasteiger partial charge is 0.220 e. The normalized spacial score (nSPS) is 10.7. The first-order chi connectivity index (χ1) is 11.7. The Kier molecular flexibility index (Phi) is 5.77. The van der Waals surface area contributed by atoms with Crippen LogP contribution in [0, 0.1) is 5.82 Å².